The minimum atomic E-state index is -4.81. The Hall–Kier alpha value is -1.90. The Kier molecular flexibility index (Phi) is 5.88. The molecule has 0 radical (unpaired) electrons. The van der Waals surface area contributed by atoms with Crippen molar-refractivity contribution in [2.24, 2.45) is 0 Å². The van der Waals surface area contributed by atoms with E-state index in [1.807, 2.05) is 4.90 Å². The number of benzene rings is 2. The van der Waals surface area contributed by atoms with E-state index in [2.05, 4.69) is 10.1 Å². The second kappa shape index (κ2) is 8.00. The molecule has 0 unspecified atom stereocenters. The SMILES string of the molecule is Fc1ccc(Cl)c(F)c1[C@@H](c1ccc(OC(F)(F)F)cc1)N1CCNCC1. The van der Waals surface area contributed by atoms with E-state index in [1.54, 1.807) is 0 Å². The van der Waals surface area contributed by atoms with Gasteiger partial charge in [0.15, 0.2) is 0 Å². The highest BCUT2D eigenvalue weighted by molar-refractivity contribution is 6.30. The van der Waals surface area contributed by atoms with Crippen molar-refractivity contribution in [2.45, 2.75) is 12.4 Å². The molecular weight excluding hydrogens is 391 g/mol. The van der Waals surface area contributed by atoms with Crippen LogP contribution in [-0.2, 0) is 0 Å². The maximum absolute atomic E-state index is 14.7. The highest BCUT2D eigenvalue weighted by Crippen LogP contribution is 2.36. The van der Waals surface area contributed by atoms with Crippen LogP contribution in [0.15, 0.2) is 36.4 Å². The zero-order valence-corrected chi connectivity index (χ0v) is 14.7. The molecule has 9 heteroatoms. The molecule has 1 N–H and O–H groups in total. The van der Waals surface area contributed by atoms with Crippen LogP contribution < -0.4 is 10.1 Å². The minimum absolute atomic E-state index is 0.219. The van der Waals surface area contributed by atoms with Crippen molar-refractivity contribution in [3.63, 3.8) is 0 Å². The highest BCUT2D eigenvalue weighted by atomic mass is 35.5. The molecule has 0 spiro atoms. The molecule has 1 atom stereocenters. The predicted octanol–water partition coefficient (Wildman–Crippen LogP) is 4.51. The molecule has 3 rings (SSSR count). The molecule has 0 amide bonds. The third-order valence-corrected chi connectivity index (χ3v) is 4.59. The maximum Gasteiger partial charge on any atom is 0.573 e. The summed E-state index contributed by atoms with van der Waals surface area (Å²) in [6.07, 6.45) is -4.81. The number of rotatable bonds is 4. The topological polar surface area (TPSA) is 24.5 Å². The Balaban J connectivity index is 2.02. The third kappa shape index (κ3) is 4.69. The molecule has 1 aliphatic rings. The van der Waals surface area contributed by atoms with Gasteiger partial charge in [0.05, 0.1) is 11.1 Å². The van der Waals surface area contributed by atoms with Crippen molar-refractivity contribution in [1.29, 1.82) is 0 Å². The molecule has 2 aromatic carbocycles. The van der Waals surface area contributed by atoms with Gasteiger partial charge in [-0.3, -0.25) is 4.90 Å². The summed E-state index contributed by atoms with van der Waals surface area (Å²) in [4.78, 5) is 1.86. The first-order chi connectivity index (χ1) is 12.8. The van der Waals surface area contributed by atoms with Crippen LogP contribution in [0.4, 0.5) is 22.0 Å². The van der Waals surface area contributed by atoms with Crippen LogP contribution in [0.2, 0.25) is 5.02 Å². The fourth-order valence-electron chi connectivity index (χ4n) is 3.15. The molecule has 1 heterocycles. The number of hydrogen-bond donors (Lipinski definition) is 1. The van der Waals surface area contributed by atoms with Gasteiger partial charge >= 0.3 is 6.36 Å². The van der Waals surface area contributed by atoms with Gasteiger partial charge in [0, 0.05) is 31.7 Å². The van der Waals surface area contributed by atoms with Crippen molar-refractivity contribution in [1.82, 2.24) is 10.2 Å². The zero-order chi connectivity index (χ0) is 19.6. The number of nitrogens with zero attached hydrogens (tertiary/aromatic N) is 1. The van der Waals surface area contributed by atoms with Crippen LogP contribution in [0, 0.1) is 11.6 Å². The van der Waals surface area contributed by atoms with Crippen LogP contribution in [0.3, 0.4) is 0 Å². The average molecular weight is 407 g/mol. The number of alkyl halides is 3. The lowest BCUT2D eigenvalue weighted by Gasteiger charge is -2.36. The van der Waals surface area contributed by atoms with E-state index in [9.17, 15) is 22.0 Å². The predicted molar refractivity (Wildman–Crippen MR) is 90.8 cm³/mol. The highest BCUT2D eigenvalue weighted by Gasteiger charge is 2.32. The molecule has 0 saturated carbocycles. The summed E-state index contributed by atoms with van der Waals surface area (Å²) in [5.41, 5.74) is 0.209. The van der Waals surface area contributed by atoms with Gasteiger partial charge < -0.3 is 10.1 Å². The van der Waals surface area contributed by atoms with Crippen molar-refractivity contribution in [3.05, 3.63) is 64.2 Å². The molecule has 1 aliphatic heterocycles. The van der Waals surface area contributed by atoms with Gasteiger partial charge in [-0.15, -0.1) is 13.2 Å². The summed E-state index contributed by atoms with van der Waals surface area (Å²) in [6.45, 7) is 2.26. The molecule has 0 aliphatic carbocycles. The number of halogens is 6. The van der Waals surface area contributed by atoms with Gasteiger partial charge in [0.2, 0.25) is 0 Å². The molecule has 2 aromatic rings. The molecule has 1 fully saturated rings. The summed E-state index contributed by atoms with van der Waals surface area (Å²) in [6, 6.07) is 6.37. The van der Waals surface area contributed by atoms with Crippen molar-refractivity contribution < 1.29 is 26.7 Å². The zero-order valence-electron chi connectivity index (χ0n) is 14.0. The van der Waals surface area contributed by atoms with E-state index in [1.165, 1.54) is 12.1 Å². The maximum atomic E-state index is 14.7. The molecule has 0 bridgehead atoms. The Morgan fingerprint density at radius 3 is 2.22 bits per heavy atom. The normalized spacial score (nSPS) is 17.0. The van der Waals surface area contributed by atoms with E-state index >= 15 is 0 Å². The first-order valence-electron chi connectivity index (χ1n) is 8.20. The van der Waals surface area contributed by atoms with Gasteiger partial charge in [-0.05, 0) is 29.8 Å². The van der Waals surface area contributed by atoms with Crippen LogP contribution in [0.25, 0.3) is 0 Å². The first kappa shape index (κ1) is 19.9. The average Bonchev–Trinajstić information content (AvgIpc) is 2.62. The molecule has 27 heavy (non-hydrogen) atoms. The van der Waals surface area contributed by atoms with Gasteiger partial charge in [-0.1, -0.05) is 23.7 Å². The van der Waals surface area contributed by atoms with Crippen molar-refractivity contribution in [2.75, 3.05) is 26.2 Å². The molecule has 1 saturated heterocycles. The summed E-state index contributed by atoms with van der Waals surface area (Å²) < 4.78 is 70.1. The summed E-state index contributed by atoms with van der Waals surface area (Å²) in [7, 11) is 0. The van der Waals surface area contributed by atoms with E-state index in [-0.39, 0.29) is 10.6 Å². The second-order valence-electron chi connectivity index (χ2n) is 6.06. The van der Waals surface area contributed by atoms with E-state index in [0.29, 0.717) is 31.7 Å². The lowest BCUT2D eigenvalue weighted by Crippen LogP contribution is -2.45. The number of piperazine rings is 1. The molecule has 146 valence electrons. The van der Waals surface area contributed by atoms with Crippen LogP contribution in [0.1, 0.15) is 17.2 Å². The standard InChI is InChI=1S/C18H16ClF5N2O/c19-13-5-6-14(20)15(16(13)21)17(26-9-7-25-8-10-26)11-1-3-12(4-2-11)27-18(22,23)24/h1-6,17,25H,7-10H2/t17-/m1/s1. The van der Waals surface area contributed by atoms with Gasteiger partial charge in [0.25, 0.3) is 0 Å². The van der Waals surface area contributed by atoms with Crippen LogP contribution in [0.5, 0.6) is 5.75 Å². The van der Waals surface area contributed by atoms with Crippen LogP contribution in [-0.4, -0.2) is 37.4 Å². The number of nitrogens with one attached hydrogen (secondary N) is 1. The smallest absolute Gasteiger partial charge is 0.406 e. The first-order valence-corrected chi connectivity index (χ1v) is 8.58. The number of hydrogen-bond acceptors (Lipinski definition) is 3. The van der Waals surface area contributed by atoms with Crippen molar-refractivity contribution in [3.8, 4) is 5.75 Å². The van der Waals surface area contributed by atoms with E-state index < -0.39 is 29.8 Å². The Morgan fingerprint density at radius 1 is 1.00 bits per heavy atom. The minimum Gasteiger partial charge on any atom is -0.406 e. The largest absolute Gasteiger partial charge is 0.573 e. The van der Waals surface area contributed by atoms with Gasteiger partial charge in [-0.2, -0.15) is 0 Å². The molecule has 3 nitrogen and oxygen atoms in total. The summed E-state index contributed by atoms with van der Waals surface area (Å²) in [5.74, 6) is -2.05. The number of ether oxygens (including phenoxy) is 1. The third-order valence-electron chi connectivity index (χ3n) is 4.30. The fourth-order valence-corrected chi connectivity index (χ4v) is 3.31. The van der Waals surface area contributed by atoms with Gasteiger partial charge in [0.1, 0.15) is 17.4 Å². The van der Waals surface area contributed by atoms with E-state index in [4.69, 9.17) is 11.6 Å². The second-order valence-corrected chi connectivity index (χ2v) is 6.47. The Bertz CT molecular complexity index is 792. The summed E-state index contributed by atoms with van der Waals surface area (Å²) >= 11 is 5.84. The molecular formula is C18H16ClF5N2O. The molecule has 0 aromatic heterocycles. The Labute approximate surface area is 157 Å². The fraction of sp³-hybridized carbons (Fsp3) is 0.333. The lowest BCUT2D eigenvalue weighted by molar-refractivity contribution is -0.274. The van der Waals surface area contributed by atoms with E-state index in [0.717, 1.165) is 24.3 Å². The monoisotopic (exact) mass is 406 g/mol. The summed E-state index contributed by atoms with van der Waals surface area (Å²) in [5, 5.41) is 2.93. The Morgan fingerprint density at radius 2 is 1.63 bits per heavy atom. The van der Waals surface area contributed by atoms with Gasteiger partial charge in [-0.25, -0.2) is 8.78 Å². The van der Waals surface area contributed by atoms with Crippen LogP contribution >= 0.6 is 11.6 Å². The lowest BCUT2D eigenvalue weighted by atomic mass is 9.95. The quantitative estimate of drug-likeness (QED) is 0.597. The van der Waals surface area contributed by atoms with Crippen molar-refractivity contribution >= 4 is 11.6 Å².